The van der Waals surface area contributed by atoms with Crippen LogP contribution < -0.4 is 0 Å². The van der Waals surface area contributed by atoms with Crippen LogP contribution in [-0.4, -0.2) is 123 Å². The molecular formula is C27H68Cl2O11Si4. The number of ether oxygens (including phenoxy) is 1. The van der Waals surface area contributed by atoms with E-state index in [2.05, 4.69) is 20.8 Å². The van der Waals surface area contributed by atoms with E-state index in [4.69, 9.17) is 67.8 Å². The summed E-state index contributed by atoms with van der Waals surface area (Å²) in [6, 6.07) is 1.84. The predicted octanol–water partition coefficient (Wildman–Crippen LogP) is 5.19. The fourth-order valence-corrected chi connectivity index (χ4v) is 10.4. The van der Waals surface area contributed by atoms with E-state index in [9.17, 15) is 4.79 Å². The Labute approximate surface area is 287 Å². The SMILES string of the molecule is CC(C)C.CCO[Si](CCCl)(OCC)OCC.CCO[Si](CCOC(C)=O)(OCC)OCC.CO[Si](CCCl)(OC)OC.[SiH4]. The number of carbonyl (C=O) groups is 1. The third kappa shape index (κ3) is 31.2. The van der Waals surface area contributed by atoms with Crippen molar-refractivity contribution < 1.29 is 49.4 Å². The maximum absolute atomic E-state index is 10.7. The fraction of sp³-hybridized carbons (Fsp3) is 0.963. The first-order chi connectivity index (χ1) is 20.3. The number of carbonyl (C=O) groups excluding carboxylic acids is 1. The summed E-state index contributed by atoms with van der Waals surface area (Å²) < 4.78 is 53.6. The average molecular weight is 752 g/mol. The number of esters is 1. The summed E-state index contributed by atoms with van der Waals surface area (Å²) in [5.74, 6) is 1.56. The van der Waals surface area contributed by atoms with Crippen molar-refractivity contribution in [3.63, 3.8) is 0 Å². The molecule has 0 unspecified atom stereocenters. The van der Waals surface area contributed by atoms with E-state index in [-0.39, 0.29) is 23.5 Å². The van der Waals surface area contributed by atoms with Crippen molar-refractivity contribution in [3.8, 4) is 0 Å². The van der Waals surface area contributed by atoms with Crippen LogP contribution >= 0.6 is 23.2 Å². The summed E-state index contributed by atoms with van der Waals surface area (Å²) in [4.78, 5) is 10.7. The zero-order valence-corrected chi connectivity index (χ0v) is 33.8. The van der Waals surface area contributed by atoms with E-state index in [1.165, 1.54) is 6.92 Å². The molecule has 0 bridgehead atoms. The molecule has 0 aliphatic rings. The monoisotopic (exact) mass is 750 g/mol. The molecular weight excluding hydrogens is 684 g/mol. The molecule has 0 amide bonds. The molecule has 0 heterocycles. The van der Waals surface area contributed by atoms with Crippen LogP contribution in [0.2, 0.25) is 18.1 Å². The third-order valence-electron chi connectivity index (χ3n) is 4.63. The molecule has 0 aliphatic carbocycles. The van der Waals surface area contributed by atoms with Crippen molar-refractivity contribution in [2.75, 3.05) is 79.3 Å². The highest BCUT2D eigenvalue weighted by Crippen LogP contribution is 2.17. The van der Waals surface area contributed by atoms with Crippen LogP contribution in [0.3, 0.4) is 0 Å². The van der Waals surface area contributed by atoms with E-state index >= 15 is 0 Å². The van der Waals surface area contributed by atoms with Crippen molar-refractivity contribution in [3.05, 3.63) is 0 Å². The largest absolute Gasteiger partial charge is 0.504 e. The molecule has 0 radical (unpaired) electrons. The van der Waals surface area contributed by atoms with Gasteiger partial charge in [0.2, 0.25) is 0 Å². The zero-order chi connectivity index (χ0) is 34.2. The van der Waals surface area contributed by atoms with Crippen molar-refractivity contribution in [2.24, 2.45) is 5.92 Å². The second-order valence-corrected chi connectivity index (χ2v) is 18.3. The molecule has 0 aliphatic heterocycles. The van der Waals surface area contributed by atoms with E-state index < -0.39 is 26.4 Å². The second kappa shape index (κ2) is 36.4. The molecule has 0 saturated carbocycles. The Morgan fingerprint density at radius 3 is 1.00 bits per heavy atom. The van der Waals surface area contributed by atoms with Gasteiger partial charge in [-0.3, -0.25) is 4.79 Å². The van der Waals surface area contributed by atoms with E-state index in [1.807, 2.05) is 41.5 Å². The Bertz CT molecular complexity index is 540. The molecule has 0 fully saturated rings. The first kappa shape index (κ1) is 54.0. The number of hydrogen-bond acceptors (Lipinski definition) is 11. The van der Waals surface area contributed by atoms with Gasteiger partial charge >= 0.3 is 32.4 Å². The van der Waals surface area contributed by atoms with E-state index in [1.54, 1.807) is 21.3 Å². The van der Waals surface area contributed by atoms with Crippen molar-refractivity contribution in [2.45, 2.75) is 87.4 Å². The second-order valence-electron chi connectivity index (χ2n) is 8.96. The first-order valence-electron chi connectivity index (χ1n) is 15.1. The van der Waals surface area contributed by atoms with Gasteiger partial charge in [0.25, 0.3) is 0 Å². The molecule has 0 spiro atoms. The summed E-state index contributed by atoms with van der Waals surface area (Å²) in [5, 5.41) is 0. The number of halogens is 2. The Kier molecular flexibility index (Phi) is 44.7. The Hall–Kier alpha value is 0.558. The maximum Gasteiger partial charge on any atom is 0.504 e. The summed E-state index contributed by atoms with van der Waals surface area (Å²) in [6.45, 7) is 23.1. The molecule has 11 nitrogen and oxygen atoms in total. The van der Waals surface area contributed by atoms with Gasteiger partial charge < -0.3 is 44.6 Å². The smallest absolute Gasteiger partial charge is 0.466 e. The van der Waals surface area contributed by atoms with Crippen LogP contribution in [-0.2, 0) is 49.4 Å². The lowest BCUT2D eigenvalue weighted by molar-refractivity contribution is -0.140. The van der Waals surface area contributed by atoms with Gasteiger partial charge in [0.05, 0.1) is 12.7 Å². The molecule has 44 heavy (non-hydrogen) atoms. The summed E-state index contributed by atoms with van der Waals surface area (Å²) in [5.41, 5.74) is 0. The molecule has 0 aromatic heterocycles. The first-order valence-corrected chi connectivity index (χ1v) is 21.9. The van der Waals surface area contributed by atoms with Gasteiger partial charge in [-0.2, -0.15) is 0 Å². The highest BCUT2D eigenvalue weighted by atomic mass is 35.5. The lowest BCUT2D eigenvalue weighted by atomic mass is 10.3. The lowest BCUT2D eigenvalue weighted by Crippen LogP contribution is -2.47. The minimum Gasteiger partial charge on any atom is -0.466 e. The van der Waals surface area contributed by atoms with Crippen molar-refractivity contribution in [1.29, 1.82) is 0 Å². The number of rotatable bonds is 22. The quantitative estimate of drug-likeness (QED) is 0.0830. The van der Waals surface area contributed by atoms with Gasteiger partial charge in [-0.1, -0.05) is 20.8 Å². The standard InChI is InChI=1S/C10H22O5Si.C8H19ClO3Si.C5H13ClO3Si.C4H10.H4Si/c1-5-13-16(14-6-2,15-7-3)9-8-12-10(4)11;1-4-10-13(8-7-9,11-5-2)12-6-3;1-7-10(8-2,9-3)5-4-6;1-4(2)3;/h5-9H2,1-4H3;4-8H2,1-3H3;4-5H2,1-3H3;4H,1-3H3;1H4. The molecule has 0 N–H and O–H groups in total. The molecule has 272 valence electrons. The highest BCUT2D eigenvalue weighted by molar-refractivity contribution is 6.62. The highest BCUT2D eigenvalue weighted by Gasteiger charge is 2.41. The van der Waals surface area contributed by atoms with E-state index in [0.29, 0.717) is 69.5 Å². The zero-order valence-electron chi connectivity index (χ0n) is 29.3. The fourth-order valence-electron chi connectivity index (χ4n) is 3.11. The van der Waals surface area contributed by atoms with Gasteiger partial charge in [-0.15, -0.1) is 23.2 Å². The maximum atomic E-state index is 10.7. The van der Waals surface area contributed by atoms with Crippen molar-refractivity contribution in [1.82, 2.24) is 0 Å². The molecule has 17 heteroatoms. The van der Waals surface area contributed by atoms with Crippen LogP contribution in [0.5, 0.6) is 0 Å². The van der Waals surface area contributed by atoms with Gasteiger partial charge in [0, 0.05) is 91.7 Å². The third-order valence-corrected chi connectivity index (χ3v) is 14.4. The number of alkyl halides is 2. The van der Waals surface area contributed by atoms with Crippen molar-refractivity contribution >= 4 is 66.5 Å². The van der Waals surface area contributed by atoms with Gasteiger partial charge in [-0.25, -0.2) is 0 Å². The minimum atomic E-state index is -2.64. The average Bonchev–Trinajstić information content (AvgIpc) is 2.93. The Balaban J connectivity index is -0.000000164. The molecule has 0 saturated heterocycles. The molecule has 0 atom stereocenters. The van der Waals surface area contributed by atoms with Crippen LogP contribution in [0.25, 0.3) is 0 Å². The lowest BCUT2D eigenvalue weighted by Gasteiger charge is -2.28. The van der Waals surface area contributed by atoms with Crippen LogP contribution in [0.1, 0.15) is 69.2 Å². The van der Waals surface area contributed by atoms with Gasteiger partial charge in [0.15, 0.2) is 0 Å². The topological polar surface area (TPSA) is 109 Å². The molecule has 0 aromatic carbocycles. The summed E-state index contributed by atoms with van der Waals surface area (Å²) >= 11 is 11.2. The van der Waals surface area contributed by atoms with Gasteiger partial charge in [-0.05, 0) is 58.4 Å². The predicted molar refractivity (Wildman–Crippen MR) is 192 cm³/mol. The summed E-state index contributed by atoms with van der Waals surface area (Å²) in [7, 11) is -2.69. The van der Waals surface area contributed by atoms with Crippen LogP contribution in [0.15, 0.2) is 0 Å². The Morgan fingerprint density at radius 2 is 0.818 bits per heavy atom. The van der Waals surface area contributed by atoms with Crippen LogP contribution in [0.4, 0.5) is 0 Å². The minimum absolute atomic E-state index is 0. The van der Waals surface area contributed by atoms with E-state index in [0.717, 1.165) is 5.92 Å². The number of hydrogen-bond donors (Lipinski definition) is 0. The Morgan fingerprint density at radius 1 is 0.568 bits per heavy atom. The van der Waals surface area contributed by atoms with Gasteiger partial charge in [0.1, 0.15) is 0 Å². The summed E-state index contributed by atoms with van der Waals surface area (Å²) in [6.07, 6.45) is 0. The molecule has 0 rings (SSSR count). The normalized spacial score (nSPS) is 11.3. The molecule has 0 aromatic rings. The van der Waals surface area contributed by atoms with Crippen LogP contribution in [0, 0.1) is 5.92 Å².